The van der Waals surface area contributed by atoms with Gasteiger partial charge in [0.2, 0.25) is 5.91 Å². The van der Waals surface area contributed by atoms with E-state index in [4.69, 9.17) is 9.47 Å². The van der Waals surface area contributed by atoms with Gasteiger partial charge in [-0.2, -0.15) is 0 Å². The predicted octanol–water partition coefficient (Wildman–Crippen LogP) is 5.24. The summed E-state index contributed by atoms with van der Waals surface area (Å²) in [6, 6.07) is 18.3. The molecule has 1 aliphatic heterocycles. The largest absolute Gasteiger partial charge is 0.508 e. The molecule has 5 rings (SSSR count). The summed E-state index contributed by atoms with van der Waals surface area (Å²) in [7, 11) is 1.93. The molecule has 0 aliphatic carbocycles. The number of phenolic OH excluding ortho intramolecular Hbond substituents is 1. The molecule has 36 heavy (non-hydrogen) atoms. The van der Waals surface area contributed by atoms with Gasteiger partial charge in [-0.3, -0.25) is 14.9 Å². The maximum absolute atomic E-state index is 12.1. The quantitative estimate of drug-likeness (QED) is 0.355. The van der Waals surface area contributed by atoms with Crippen LogP contribution in [0.2, 0.25) is 0 Å². The van der Waals surface area contributed by atoms with Crippen molar-refractivity contribution >= 4 is 33.9 Å². The van der Waals surface area contributed by atoms with Crippen LogP contribution >= 0.6 is 11.8 Å². The van der Waals surface area contributed by atoms with Crippen LogP contribution in [0, 0.1) is 6.92 Å². The number of ether oxygens (including phenoxy) is 2. The van der Waals surface area contributed by atoms with E-state index >= 15 is 0 Å². The van der Waals surface area contributed by atoms with Crippen LogP contribution < -0.4 is 14.8 Å². The van der Waals surface area contributed by atoms with Crippen molar-refractivity contribution in [2.75, 3.05) is 0 Å². The molecule has 184 valence electrons. The number of rotatable bonds is 7. The summed E-state index contributed by atoms with van der Waals surface area (Å²) in [5, 5.41) is 11.8. The SMILES string of the molecule is Cc1cc(Oc2ccc3nc(COc4ccc(C[C@]5(C)SC(=O)NC5=O)cc4)n(C)c3c2)ccc1O. The second kappa shape index (κ2) is 9.23. The van der Waals surface area contributed by atoms with Crippen molar-refractivity contribution in [2.45, 2.75) is 31.6 Å². The zero-order valence-electron chi connectivity index (χ0n) is 20.1. The second-order valence-corrected chi connectivity index (χ2v) is 10.4. The predicted molar refractivity (Wildman–Crippen MR) is 138 cm³/mol. The Morgan fingerprint density at radius 2 is 1.72 bits per heavy atom. The lowest BCUT2D eigenvalue weighted by Gasteiger charge is -2.18. The van der Waals surface area contributed by atoms with Gasteiger partial charge in [0.05, 0.1) is 11.0 Å². The zero-order valence-corrected chi connectivity index (χ0v) is 20.9. The molecule has 1 saturated heterocycles. The third-order valence-electron chi connectivity index (χ3n) is 6.20. The van der Waals surface area contributed by atoms with E-state index < -0.39 is 4.75 Å². The van der Waals surface area contributed by atoms with Gasteiger partial charge in [-0.15, -0.1) is 0 Å². The van der Waals surface area contributed by atoms with Gasteiger partial charge in [-0.25, -0.2) is 4.98 Å². The smallest absolute Gasteiger partial charge is 0.286 e. The summed E-state index contributed by atoms with van der Waals surface area (Å²) in [4.78, 5) is 28.3. The number of carbonyl (C=O) groups is 2. The maximum atomic E-state index is 12.1. The number of aromatic hydroxyl groups is 1. The molecular formula is C27H25N3O5S. The molecule has 0 unspecified atom stereocenters. The van der Waals surface area contributed by atoms with Gasteiger partial charge in [0, 0.05) is 13.1 Å². The van der Waals surface area contributed by atoms with Crippen LogP contribution in [0.5, 0.6) is 23.0 Å². The van der Waals surface area contributed by atoms with Gasteiger partial charge in [0.25, 0.3) is 5.24 Å². The highest BCUT2D eigenvalue weighted by Crippen LogP contribution is 2.35. The Hall–Kier alpha value is -3.98. The fraction of sp³-hybridized carbons (Fsp3) is 0.222. The molecule has 4 aromatic rings. The number of aryl methyl sites for hydroxylation is 2. The number of amides is 2. The zero-order chi connectivity index (χ0) is 25.4. The number of nitrogens with one attached hydrogen (secondary N) is 1. The van der Waals surface area contributed by atoms with Crippen LogP contribution in [-0.4, -0.2) is 30.6 Å². The highest BCUT2D eigenvalue weighted by Gasteiger charge is 2.43. The van der Waals surface area contributed by atoms with E-state index in [-0.39, 0.29) is 23.5 Å². The highest BCUT2D eigenvalue weighted by atomic mass is 32.2. The van der Waals surface area contributed by atoms with Crippen molar-refractivity contribution in [1.82, 2.24) is 14.9 Å². The summed E-state index contributed by atoms with van der Waals surface area (Å²) < 4.78 is 13.1. The van der Waals surface area contributed by atoms with Crippen LogP contribution in [0.25, 0.3) is 11.0 Å². The number of thioether (sulfide) groups is 1. The lowest BCUT2D eigenvalue weighted by Crippen LogP contribution is -2.35. The molecule has 1 aromatic heterocycles. The summed E-state index contributed by atoms with van der Waals surface area (Å²) in [6.07, 6.45) is 0.453. The van der Waals surface area contributed by atoms with Crippen molar-refractivity contribution in [3.8, 4) is 23.0 Å². The molecule has 0 spiro atoms. The second-order valence-electron chi connectivity index (χ2n) is 8.97. The summed E-state index contributed by atoms with van der Waals surface area (Å²) in [6.45, 7) is 3.88. The van der Waals surface area contributed by atoms with E-state index in [0.717, 1.165) is 39.7 Å². The lowest BCUT2D eigenvalue weighted by molar-refractivity contribution is -0.121. The highest BCUT2D eigenvalue weighted by molar-refractivity contribution is 8.16. The molecule has 2 N–H and O–H groups in total. The first kappa shape index (κ1) is 23.7. The normalized spacial score (nSPS) is 17.4. The molecule has 8 nitrogen and oxygen atoms in total. The average Bonchev–Trinajstić information content (AvgIpc) is 3.29. The lowest BCUT2D eigenvalue weighted by atomic mass is 9.99. The van der Waals surface area contributed by atoms with Gasteiger partial charge in [-0.1, -0.05) is 12.1 Å². The topological polar surface area (TPSA) is 103 Å². The van der Waals surface area contributed by atoms with Crippen molar-refractivity contribution < 1.29 is 24.2 Å². The Morgan fingerprint density at radius 3 is 2.42 bits per heavy atom. The first-order valence-electron chi connectivity index (χ1n) is 11.4. The first-order chi connectivity index (χ1) is 17.2. The fourth-order valence-electron chi connectivity index (χ4n) is 4.10. The molecule has 9 heteroatoms. The van der Waals surface area contributed by atoms with Crippen molar-refractivity contribution in [3.63, 3.8) is 0 Å². The number of benzene rings is 3. The molecule has 2 amide bonds. The summed E-state index contributed by atoms with van der Waals surface area (Å²) in [5.74, 6) is 2.73. The molecule has 0 saturated carbocycles. The van der Waals surface area contributed by atoms with Crippen LogP contribution in [-0.2, 0) is 24.9 Å². The first-order valence-corrected chi connectivity index (χ1v) is 12.2. The van der Waals surface area contributed by atoms with Crippen molar-refractivity contribution in [2.24, 2.45) is 7.05 Å². The van der Waals surface area contributed by atoms with E-state index in [1.807, 2.05) is 61.0 Å². The van der Waals surface area contributed by atoms with Crippen LogP contribution in [0.4, 0.5) is 4.79 Å². The van der Waals surface area contributed by atoms with Crippen LogP contribution in [0.1, 0.15) is 23.9 Å². The van der Waals surface area contributed by atoms with E-state index in [2.05, 4.69) is 10.3 Å². The van der Waals surface area contributed by atoms with Gasteiger partial charge < -0.3 is 19.1 Å². The standard InChI is InChI=1S/C27H25N3O5S/c1-16-12-19(9-11-23(16)31)35-20-8-10-21-22(13-20)30(3)24(28-21)15-34-18-6-4-17(5-7-18)14-27(2)25(32)29-26(33)36-27/h4-13,31H,14-15H2,1-3H3,(H,29,32,33)/t27-/m0/s1. The van der Waals surface area contributed by atoms with E-state index in [9.17, 15) is 14.7 Å². The minimum absolute atomic E-state index is 0.231. The number of imide groups is 1. The number of hydrogen-bond donors (Lipinski definition) is 2. The Morgan fingerprint density at radius 1 is 1.03 bits per heavy atom. The molecule has 2 heterocycles. The number of carbonyl (C=O) groups excluding carboxylic acids is 2. The molecule has 1 atom stereocenters. The molecule has 0 bridgehead atoms. The van der Waals surface area contributed by atoms with Gasteiger partial charge in [0.15, 0.2) is 0 Å². The third kappa shape index (κ3) is 4.74. The molecule has 0 radical (unpaired) electrons. The Labute approximate surface area is 212 Å². The average molecular weight is 504 g/mol. The monoisotopic (exact) mass is 503 g/mol. The number of fused-ring (bicyclic) bond motifs is 1. The van der Waals surface area contributed by atoms with Gasteiger partial charge in [0.1, 0.15) is 40.2 Å². The van der Waals surface area contributed by atoms with Crippen molar-refractivity contribution in [1.29, 1.82) is 0 Å². The number of aromatic nitrogens is 2. The molecule has 1 aliphatic rings. The fourth-order valence-corrected chi connectivity index (χ4v) is 5.03. The van der Waals surface area contributed by atoms with Gasteiger partial charge >= 0.3 is 0 Å². The van der Waals surface area contributed by atoms with E-state index in [0.29, 0.717) is 23.7 Å². The molecule has 1 fully saturated rings. The van der Waals surface area contributed by atoms with E-state index in [1.54, 1.807) is 25.1 Å². The van der Waals surface area contributed by atoms with Crippen molar-refractivity contribution in [3.05, 3.63) is 77.6 Å². The van der Waals surface area contributed by atoms with E-state index in [1.165, 1.54) is 0 Å². The molecule has 3 aromatic carbocycles. The Kier molecular flexibility index (Phi) is 6.09. The minimum atomic E-state index is -0.795. The Balaban J connectivity index is 1.25. The Bertz CT molecular complexity index is 1480. The maximum Gasteiger partial charge on any atom is 0.286 e. The summed E-state index contributed by atoms with van der Waals surface area (Å²) >= 11 is 1.03. The summed E-state index contributed by atoms with van der Waals surface area (Å²) in [5.41, 5.74) is 3.43. The van der Waals surface area contributed by atoms with Crippen LogP contribution in [0.3, 0.4) is 0 Å². The molecular weight excluding hydrogens is 478 g/mol. The third-order valence-corrected chi connectivity index (χ3v) is 7.26. The van der Waals surface area contributed by atoms with Crippen LogP contribution in [0.15, 0.2) is 60.7 Å². The van der Waals surface area contributed by atoms with Gasteiger partial charge in [-0.05, 0) is 85.6 Å². The number of nitrogens with zero attached hydrogens (tertiary/aromatic N) is 2. The number of hydrogen-bond acceptors (Lipinski definition) is 7. The minimum Gasteiger partial charge on any atom is -0.508 e. The number of imidazole rings is 1. The number of phenols is 1.